The van der Waals surface area contributed by atoms with Crippen molar-refractivity contribution >= 4 is 27.3 Å². The molecule has 2 aromatic rings. The second kappa shape index (κ2) is 6.97. The molecular formula is C18H22FNO2S. The summed E-state index contributed by atoms with van der Waals surface area (Å²) in [5.74, 6) is -0.250. The van der Waals surface area contributed by atoms with Crippen LogP contribution in [0.1, 0.15) is 47.8 Å². The topological polar surface area (TPSA) is 29.5 Å². The highest BCUT2D eigenvalue weighted by atomic mass is 32.1. The number of ether oxygens (including phenoxy) is 1. The molecule has 1 amide bonds. The van der Waals surface area contributed by atoms with E-state index in [4.69, 9.17) is 4.74 Å². The minimum Gasteiger partial charge on any atom is -0.380 e. The van der Waals surface area contributed by atoms with Crippen molar-refractivity contribution in [1.29, 1.82) is 0 Å². The number of benzene rings is 1. The van der Waals surface area contributed by atoms with E-state index in [1.165, 1.54) is 23.8 Å². The third-order valence-corrected chi connectivity index (χ3v) is 5.79. The summed E-state index contributed by atoms with van der Waals surface area (Å²) in [5, 5.41) is 0.535. The van der Waals surface area contributed by atoms with Gasteiger partial charge in [-0.25, -0.2) is 4.39 Å². The van der Waals surface area contributed by atoms with Crippen LogP contribution in [0, 0.1) is 5.82 Å². The molecule has 3 nitrogen and oxygen atoms in total. The highest BCUT2D eigenvalue weighted by molar-refractivity contribution is 7.21. The SMILES string of the molecule is CCC1CCCCN1C(=O)c1sc2cccc(F)c2c1COC. The van der Waals surface area contributed by atoms with Crippen LogP contribution in [0.4, 0.5) is 4.39 Å². The first kappa shape index (κ1) is 16.4. The fourth-order valence-electron chi connectivity index (χ4n) is 3.44. The number of carbonyl (C=O) groups excluding carboxylic acids is 1. The second-order valence-corrected chi connectivity index (χ2v) is 7.06. The number of piperidine rings is 1. The number of halogens is 1. The molecule has 5 heteroatoms. The molecule has 1 aliphatic heterocycles. The summed E-state index contributed by atoms with van der Waals surface area (Å²) < 4.78 is 20.3. The Morgan fingerprint density at radius 1 is 1.43 bits per heavy atom. The molecule has 1 saturated heterocycles. The first-order chi connectivity index (χ1) is 11.2. The van der Waals surface area contributed by atoms with E-state index in [1.807, 2.05) is 11.0 Å². The molecule has 0 saturated carbocycles. The molecule has 0 radical (unpaired) electrons. The highest BCUT2D eigenvalue weighted by Crippen LogP contribution is 2.35. The predicted octanol–water partition coefficient (Wildman–Crippen LogP) is 4.59. The molecule has 3 rings (SSSR count). The molecule has 0 spiro atoms. The Morgan fingerprint density at radius 2 is 2.26 bits per heavy atom. The van der Waals surface area contributed by atoms with E-state index in [1.54, 1.807) is 13.2 Å². The smallest absolute Gasteiger partial charge is 0.264 e. The van der Waals surface area contributed by atoms with E-state index in [0.29, 0.717) is 21.9 Å². The minimum atomic E-state index is -0.282. The van der Waals surface area contributed by atoms with Crippen molar-refractivity contribution in [3.05, 3.63) is 34.5 Å². The van der Waals surface area contributed by atoms with Gasteiger partial charge in [0.1, 0.15) is 5.82 Å². The van der Waals surface area contributed by atoms with E-state index >= 15 is 0 Å². The summed E-state index contributed by atoms with van der Waals surface area (Å²) in [6.45, 7) is 3.17. The number of hydrogen-bond acceptors (Lipinski definition) is 3. The fourth-order valence-corrected chi connectivity index (χ4v) is 4.62. The lowest BCUT2D eigenvalue weighted by molar-refractivity contribution is 0.0609. The number of likely N-dealkylation sites (tertiary alicyclic amines) is 1. The van der Waals surface area contributed by atoms with Gasteiger partial charge in [-0.2, -0.15) is 0 Å². The summed E-state index contributed by atoms with van der Waals surface area (Å²) in [7, 11) is 1.58. The Bertz CT molecular complexity index is 712. The van der Waals surface area contributed by atoms with Crippen molar-refractivity contribution in [2.75, 3.05) is 13.7 Å². The van der Waals surface area contributed by atoms with Gasteiger partial charge in [-0.05, 0) is 37.8 Å². The van der Waals surface area contributed by atoms with Gasteiger partial charge in [0.15, 0.2) is 0 Å². The molecule has 0 bridgehead atoms. The number of nitrogens with zero attached hydrogens (tertiary/aromatic N) is 1. The third-order valence-electron chi connectivity index (χ3n) is 4.61. The number of methoxy groups -OCH3 is 1. The summed E-state index contributed by atoms with van der Waals surface area (Å²) in [6, 6.07) is 5.29. The van der Waals surface area contributed by atoms with Crippen LogP contribution in [0.3, 0.4) is 0 Å². The van der Waals surface area contributed by atoms with Gasteiger partial charge in [-0.15, -0.1) is 11.3 Å². The molecular weight excluding hydrogens is 313 g/mol. The summed E-state index contributed by atoms with van der Waals surface area (Å²) in [6.07, 6.45) is 4.24. The van der Waals surface area contributed by atoms with Crippen LogP contribution < -0.4 is 0 Å². The maximum atomic E-state index is 14.3. The van der Waals surface area contributed by atoms with Crippen molar-refractivity contribution in [2.24, 2.45) is 0 Å². The average molecular weight is 335 g/mol. The second-order valence-electron chi connectivity index (χ2n) is 6.01. The monoisotopic (exact) mass is 335 g/mol. The van der Waals surface area contributed by atoms with E-state index in [-0.39, 0.29) is 18.3 Å². The molecule has 1 aromatic carbocycles. The van der Waals surface area contributed by atoms with Gasteiger partial charge in [-0.3, -0.25) is 4.79 Å². The molecule has 23 heavy (non-hydrogen) atoms. The maximum Gasteiger partial charge on any atom is 0.264 e. The van der Waals surface area contributed by atoms with Gasteiger partial charge < -0.3 is 9.64 Å². The standard InChI is InChI=1S/C18H22FNO2S/c1-3-12-7-4-5-10-20(12)18(21)17-13(11-22-2)16-14(19)8-6-9-15(16)23-17/h6,8-9,12H,3-5,7,10-11H2,1-2H3. The lowest BCUT2D eigenvalue weighted by Gasteiger charge is -2.35. The van der Waals surface area contributed by atoms with E-state index in [2.05, 4.69) is 6.92 Å². The van der Waals surface area contributed by atoms with Crippen molar-refractivity contribution in [3.8, 4) is 0 Å². The van der Waals surface area contributed by atoms with Gasteiger partial charge >= 0.3 is 0 Å². The molecule has 0 aliphatic carbocycles. The number of carbonyl (C=O) groups is 1. The molecule has 1 aromatic heterocycles. The van der Waals surface area contributed by atoms with Crippen molar-refractivity contribution < 1.29 is 13.9 Å². The predicted molar refractivity (Wildman–Crippen MR) is 91.5 cm³/mol. The Hall–Kier alpha value is -1.46. The van der Waals surface area contributed by atoms with Crippen LogP contribution in [0.15, 0.2) is 18.2 Å². The molecule has 1 atom stereocenters. The van der Waals surface area contributed by atoms with E-state index < -0.39 is 0 Å². The van der Waals surface area contributed by atoms with Crippen molar-refractivity contribution in [1.82, 2.24) is 4.90 Å². The summed E-state index contributed by atoms with van der Waals surface area (Å²) in [5.41, 5.74) is 0.691. The Balaban J connectivity index is 2.06. The van der Waals surface area contributed by atoms with Crippen LogP contribution in [0.2, 0.25) is 0 Å². The maximum absolute atomic E-state index is 14.3. The molecule has 0 N–H and O–H groups in total. The third kappa shape index (κ3) is 3.00. The van der Waals surface area contributed by atoms with Gasteiger partial charge in [-0.1, -0.05) is 13.0 Å². The van der Waals surface area contributed by atoms with Gasteiger partial charge in [0.05, 0.1) is 11.5 Å². The minimum absolute atomic E-state index is 0.0317. The number of rotatable bonds is 4. The van der Waals surface area contributed by atoms with Gasteiger partial charge in [0.2, 0.25) is 0 Å². The number of amides is 1. The zero-order valence-corrected chi connectivity index (χ0v) is 14.4. The van der Waals surface area contributed by atoms with Crippen molar-refractivity contribution in [3.63, 3.8) is 0 Å². The molecule has 1 aliphatic rings. The Kier molecular flexibility index (Phi) is 4.97. The number of fused-ring (bicyclic) bond motifs is 1. The van der Waals surface area contributed by atoms with E-state index in [0.717, 1.165) is 30.5 Å². The normalized spacial score (nSPS) is 18.6. The largest absolute Gasteiger partial charge is 0.380 e. The summed E-state index contributed by atoms with van der Waals surface area (Å²) >= 11 is 1.38. The number of hydrogen-bond donors (Lipinski definition) is 0. The zero-order chi connectivity index (χ0) is 16.4. The average Bonchev–Trinajstić information content (AvgIpc) is 2.94. The molecule has 2 heterocycles. The lowest BCUT2D eigenvalue weighted by atomic mass is 9.99. The molecule has 124 valence electrons. The Morgan fingerprint density at radius 3 is 3.00 bits per heavy atom. The van der Waals surface area contributed by atoms with Gasteiger partial charge in [0, 0.05) is 35.3 Å². The van der Waals surface area contributed by atoms with Crippen LogP contribution in [0.25, 0.3) is 10.1 Å². The van der Waals surface area contributed by atoms with E-state index in [9.17, 15) is 9.18 Å². The van der Waals surface area contributed by atoms with Crippen LogP contribution >= 0.6 is 11.3 Å². The van der Waals surface area contributed by atoms with Crippen LogP contribution in [-0.2, 0) is 11.3 Å². The molecule has 1 fully saturated rings. The fraction of sp³-hybridized carbons (Fsp3) is 0.500. The highest BCUT2D eigenvalue weighted by Gasteiger charge is 2.30. The van der Waals surface area contributed by atoms with Crippen LogP contribution in [-0.4, -0.2) is 30.5 Å². The molecule has 1 unspecified atom stereocenters. The quantitative estimate of drug-likeness (QED) is 0.818. The van der Waals surface area contributed by atoms with Crippen molar-refractivity contribution in [2.45, 2.75) is 45.3 Å². The lowest BCUT2D eigenvalue weighted by Crippen LogP contribution is -2.43. The summed E-state index contributed by atoms with van der Waals surface area (Å²) in [4.78, 5) is 15.7. The Labute approximate surface area is 140 Å². The van der Waals surface area contributed by atoms with Crippen LogP contribution in [0.5, 0.6) is 0 Å². The first-order valence-corrected chi connectivity index (χ1v) is 8.98. The number of thiophene rings is 1. The first-order valence-electron chi connectivity index (χ1n) is 8.17. The zero-order valence-electron chi connectivity index (χ0n) is 13.6. The van der Waals surface area contributed by atoms with Gasteiger partial charge in [0.25, 0.3) is 5.91 Å².